The second-order valence-corrected chi connectivity index (χ2v) is 6.59. The van der Waals surface area contributed by atoms with Crippen molar-refractivity contribution >= 4 is 38.9 Å². The second kappa shape index (κ2) is 5.52. The van der Waals surface area contributed by atoms with Crippen LogP contribution in [0.3, 0.4) is 0 Å². The predicted octanol–water partition coefficient (Wildman–Crippen LogP) is 4.58. The van der Waals surface area contributed by atoms with Gasteiger partial charge < -0.3 is 4.98 Å². The fraction of sp³-hybridized carbons (Fsp3) is 0. The number of halogens is 2. The van der Waals surface area contributed by atoms with Crippen LogP contribution in [0, 0.1) is 0 Å². The maximum absolute atomic E-state index is 11.8. The molecule has 0 bridgehead atoms. The number of thiophene rings is 1. The molecule has 3 nitrogen and oxygen atoms in total. The largest absolute Gasteiger partial charge is 0.306 e. The third-order valence-electron chi connectivity index (χ3n) is 2.69. The van der Waals surface area contributed by atoms with Crippen molar-refractivity contribution in [3.05, 3.63) is 61.6 Å². The van der Waals surface area contributed by atoms with Crippen LogP contribution in [-0.2, 0) is 0 Å². The summed E-state index contributed by atoms with van der Waals surface area (Å²) in [7, 11) is 0. The van der Waals surface area contributed by atoms with Gasteiger partial charge in [-0.1, -0.05) is 41.9 Å². The van der Waals surface area contributed by atoms with Crippen molar-refractivity contribution in [2.75, 3.05) is 0 Å². The highest BCUT2D eigenvalue weighted by Crippen LogP contribution is 2.36. The van der Waals surface area contributed by atoms with Gasteiger partial charge in [0.25, 0.3) is 5.56 Å². The number of nitrogens with one attached hydrogen (secondary N) is 1. The number of hydrogen-bond acceptors (Lipinski definition) is 3. The van der Waals surface area contributed by atoms with Gasteiger partial charge in [-0.3, -0.25) is 4.79 Å². The normalized spacial score (nSPS) is 10.7. The summed E-state index contributed by atoms with van der Waals surface area (Å²) in [6, 6.07) is 12.9. The second-order valence-electron chi connectivity index (χ2n) is 4.08. The van der Waals surface area contributed by atoms with Gasteiger partial charge in [0, 0.05) is 16.1 Å². The first kappa shape index (κ1) is 13.5. The monoisotopic (exact) mass is 366 g/mol. The fourth-order valence-electron chi connectivity index (χ4n) is 1.79. The number of hydrogen-bond donors (Lipinski definition) is 1. The zero-order valence-electron chi connectivity index (χ0n) is 10.1. The molecule has 0 atom stereocenters. The highest BCUT2D eigenvalue weighted by Gasteiger charge is 2.10. The molecule has 0 spiro atoms. The van der Waals surface area contributed by atoms with Crippen LogP contribution in [-0.4, -0.2) is 9.97 Å². The first-order valence-electron chi connectivity index (χ1n) is 5.75. The van der Waals surface area contributed by atoms with Gasteiger partial charge >= 0.3 is 0 Å². The number of benzene rings is 1. The minimum absolute atomic E-state index is 0.186. The average molecular weight is 368 g/mol. The van der Waals surface area contributed by atoms with E-state index in [1.807, 2.05) is 36.4 Å². The van der Waals surface area contributed by atoms with Gasteiger partial charge in [-0.25, -0.2) is 4.98 Å². The van der Waals surface area contributed by atoms with Crippen LogP contribution in [0.4, 0.5) is 0 Å². The molecule has 0 fully saturated rings. The van der Waals surface area contributed by atoms with Crippen LogP contribution in [0.5, 0.6) is 0 Å². The Morgan fingerprint density at radius 3 is 2.60 bits per heavy atom. The molecule has 0 saturated carbocycles. The molecule has 2 aromatic heterocycles. The molecular weight excluding hydrogens is 360 g/mol. The van der Waals surface area contributed by atoms with Crippen molar-refractivity contribution in [1.82, 2.24) is 9.97 Å². The summed E-state index contributed by atoms with van der Waals surface area (Å²) in [4.78, 5) is 19.9. The summed E-state index contributed by atoms with van der Waals surface area (Å²) in [6.45, 7) is 0. The first-order chi connectivity index (χ1) is 9.63. The summed E-state index contributed by atoms with van der Waals surface area (Å²) in [6.07, 6.45) is 0. The zero-order valence-corrected chi connectivity index (χ0v) is 13.2. The average Bonchev–Trinajstić information content (AvgIpc) is 2.79. The Balaban J connectivity index is 2.14. The molecule has 0 aliphatic rings. The van der Waals surface area contributed by atoms with E-state index in [9.17, 15) is 4.79 Å². The Morgan fingerprint density at radius 1 is 1.20 bits per heavy atom. The van der Waals surface area contributed by atoms with Crippen LogP contribution in [0.1, 0.15) is 0 Å². The number of rotatable bonds is 2. The molecule has 0 amide bonds. The van der Waals surface area contributed by atoms with Gasteiger partial charge in [-0.05, 0) is 22.0 Å². The Kier molecular flexibility index (Phi) is 3.74. The summed E-state index contributed by atoms with van der Waals surface area (Å²) in [5.41, 5.74) is 1.36. The SMILES string of the molecule is O=c1cc(-c2ccccc2)nc(-c2cc(Br)c(Cl)s2)[nH]1. The highest BCUT2D eigenvalue weighted by atomic mass is 79.9. The van der Waals surface area contributed by atoms with Crippen molar-refractivity contribution in [2.45, 2.75) is 0 Å². The molecule has 0 unspecified atom stereocenters. The molecule has 100 valence electrons. The van der Waals surface area contributed by atoms with E-state index in [-0.39, 0.29) is 5.56 Å². The van der Waals surface area contributed by atoms with Crippen LogP contribution >= 0.6 is 38.9 Å². The van der Waals surface area contributed by atoms with Crippen molar-refractivity contribution in [3.63, 3.8) is 0 Å². The van der Waals surface area contributed by atoms with E-state index in [1.54, 1.807) is 0 Å². The van der Waals surface area contributed by atoms with E-state index in [4.69, 9.17) is 11.6 Å². The van der Waals surface area contributed by atoms with Crippen LogP contribution in [0.15, 0.2) is 51.7 Å². The van der Waals surface area contributed by atoms with Gasteiger partial charge in [0.05, 0.1) is 10.6 Å². The van der Waals surface area contributed by atoms with Crippen LogP contribution < -0.4 is 5.56 Å². The fourth-order valence-corrected chi connectivity index (χ4v) is 3.44. The van der Waals surface area contributed by atoms with Crippen LogP contribution in [0.2, 0.25) is 4.34 Å². The Bertz CT molecular complexity index is 794. The van der Waals surface area contributed by atoms with E-state index >= 15 is 0 Å². The van der Waals surface area contributed by atoms with Crippen molar-refractivity contribution in [3.8, 4) is 22.0 Å². The lowest BCUT2D eigenvalue weighted by molar-refractivity contribution is 1.14. The van der Waals surface area contributed by atoms with Gasteiger partial charge in [-0.2, -0.15) is 0 Å². The first-order valence-corrected chi connectivity index (χ1v) is 7.74. The van der Waals surface area contributed by atoms with Gasteiger partial charge in [-0.15, -0.1) is 11.3 Å². The molecule has 3 aromatic rings. The zero-order chi connectivity index (χ0) is 14.1. The number of H-pyrrole nitrogens is 1. The maximum atomic E-state index is 11.8. The molecule has 0 radical (unpaired) electrons. The predicted molar refractivity (Wildman–Crippen MR) is 86.3 cm³/mol. The highest BCUT2D eigenvalue weighted by molar-refractivity contribution is 9.10. The molecule has 3 rings (SSSR count). The van der Waals surface area contributed by atoms with E-state index in [1.165, 1.54) is 17.4 Å². The molecule has 2 heterocycles. The molecule has 0 saturated heterocycles. The van der Waals surface area contributed by atoms with Gasteiger partial charge in [0.1, 0.15) is 4.34 Å². The van der Waals surface area contributed by atoms with Crippen LogP contribution in [0.25, 0.3) is 22.0 Å². The van der Waals surface area contributed by atoms with Gasteiger partial charge in [0.15, 0.2) is 5.82 Å². The third-order valence-corrected chi connectivity index (χ3v) is 5.17. The summed E-state index contributed by atoms with van der Waals surface area (Å²) < 4.78 is 1.43. The summed E-state index contributed by atoms with van der Waals surface area (Å²) in [5, 5.41) is 0. The molecule has 0 aliphatic heterocycles. The topological polar surface area (TPSA) is 45.8 Å². The van der Waals surface area contributed by atoms with Crippen molar-refractivity contribution < 1.29 is 0 Å². The molecule has 1 N–H and O–H groups in total. The standard InChI is InChI=1S/C14H8BrClN2OS/c15-9-6-11(20-13(9)16)14-17-10(7-12(19)18-14)8-4-2-1-3-5-8/h1-7H,(H,17,18,19). The quantitative estimate of drug-likeness (QED) is 0.720. The van der Waals surface area contributed by atoms with Crippen molar-refractivity contribution in [2.24, 2.45) is 0 Å². The maximum Gasteiger partial charge on any atom is 0.251 e. The van der Waals surface area contributed by atoms with Crippen molar-refractivity contribution in [1.29, 1.82) is 0 Å². The molecule has 1 aromatic carbocycles. The number of nitrogens with zero attached hydrogens (tertiary/aromatic N) is 1. The van der Waals surface area contributed by atoms with Gasteiger partial charge in [0.2, 0.25) is 0 Å². The molecular formula is C14H8BrClN2OS. The molecule has 0 aliphatic carbocycles. The van der Waals surface area contributed by atoms with E-state index < -0.39 is 0 Å². The van der Waals surface area contributed by atoms with E-state index in [0.717, 1.165) is 14.9 Å². The summed E-state index contributed by atoms with van der Waals surface area (Å²) >= 11 is 10.7. The van der Waals surface area contributed by atoms with E-state index in [2.05, 4.69) is 25.9 Å². The Labute approximate surface area is 132 Å². The lowest BCUT2D eigenvalue weighted by Crippen LogP contribution is -2.08. The minimum atomic E-state index is -0.186. The Morgan fingerprint density at radius 2 is 1.95 bits per heavy atom. The lowest BCUT2D eigenvalue weighted by Gasteiger charge is -2.02. The van der Waals surface area contributed by atoms with E-state index in [0.29, 0.717) is 15.9 Å². The Hall–Kier alpha value is -1.43. The molecule has 20 heavy (non-hydrogen) atoms. The lowest BCUT2D eigenvalue weighted by atomic mass is 10.1. The smallest absolute Gasteiger partial charge is 0.251 e. The molecule has 6 heteroatoms. The third kappa shape index (κ3) is 2.70. The number of aromatic amines is 1. The number of aromatic nitrogens is 2. The minimum Gasteiger partial charge on any atom is -0.306 e. The summed E-state index contributed by atoms with van der Waals surface area (Å²) in [5.74, 6) is 0.522.